The van der Waals surface area contributed by atoms with Crippen molar-refractivity contribution in [1.82, 2.24) is 10.3 Å². The monoisotopic (exact) mass is 260 g/mol. The molecule has 2 rings (SSSR count). The SMILES string of the molecule is CCNC(CCc1cccnc1)Cc1cccs1. The Balaban J connectivity index is 1.86. The van der Waals surface area contributed by atoms with Crippen LogP contribution in [-0.2, 0) is 12.8 Å². The third-order valence-corrected chi connectivity index (χ3v) is 3.92. The van der Waals surface area contributed by atoms with Gasteiger partial charge in [0.1, 0.15) is 0 Å². The Morgan fingerprint density at radius 3 is 2.94 bits per heavy atom. The van der Waals surface area contributed by atoms with E-state index in [2.05, 4.69) is 40.8 Å². The highest BCUT2D eigenvalue weighted by Gasteiger charge is 2.09. The number of likely N-dealkylation sites (N-methyl/N-ethyl adjacent to an activating group) is 1. The Bertz CT molecular complexity index is 425. The summed E-state index contributed by atoms with van der Waals surface area (Å²) < 4.78 is 0. The van der Waals surface area contributed by atoms with E-state index in [1.54, 1.807) is 0 Å². The normalized spacial score (nSPS) is 12.5. The van der Waals surface area contributed by atoms with Gasteiger partial charge in [-0.1, -0.05) is 19.1 Å². The maximum atomic E-state index is 4.17. The summed E-state index contributed by atoms with van der Waals surface area (Å²) >= 11 is 1.85. The third-order valence-electron chi connectivity index (χ3n) is 3.02. The van der Waals surface area contributed by atoms with E-state index in [-0.39, 0.29) is 0 Å². The Morgan fingerprint density at radius 1 is 1.33 bits per heavy atom. The molecule has 0 aliphatic heterocycles. The van der Waals surface area contributed by atoms with Crippen LogP contribution in [0.5, 0.6) is 0 Å². The summed E-state index contributed by atoms with van der Waals surface area (Å²) in [6.07, 6.45) is 7.19. The standard InChI is InChI=1S/C15H20N2S/c1-2-17-14(11-15-6-4-10-18-15)8-7-13-5-3-9-16-12-13/h3-6,9-10,12,14,17H,2,7-8,11H2,1H3. The molecule has 0 saturated heterocycles. The molecule has 3 heteroatoms. The summed E-state index contributed by atoms with van der Waals surface area (Å²) in [6, 6.07) is 9.08. The lowest BCUT2D eigenvalue weighted by Crippen LogP contribution is -2.31. The number of aryl methyl sites for hydroxylation is 1. The van der Waals surface area contributed by atoms with Gasteiger partial charge in [-0.15, -0.1) is 11.3 Å². The predicted octanol–water partition coefficient (Wildman–Crippen LogP) is 3.30. The topological polar surface area (TPSA) is 24.9 Å². The molecule has 0 aromatic carbocycles. The van der Waals surface area contributed by atoms with Crippen molar-refractivity contribution in [3.05, 3.63) is 52.5 Å². The van der Waals surface area contributed by atoms with Gasteiger partial charge < -0.3 is 5.32 Å². The molecule has 0 aliphatic rings. The summed E-state index contributed by atoms with van der Waals surface area (Å²) in [5.41, 5.74) is 1.33. The van der Waals surface area contributed by atoms with Crippen LogP contribution < -0.4 is 5.32 Å². The summed E-state index contributed by atoms with van der Waals surface area (Å²) in [5, 5.41) is 5.73. The first-order valence-corrected chi connectivity index (χ1v) is 7.41. The average Bonchev–Trinajstić information content (AvgIpc) is 2.90. The number of hydrogen-bond acceptors (Lipinski definition) is 3. The fourth-order valence-corrected chi connectivity index (χ4v) is 2.91. The van der Waals surface area contributed by atoms with E-state index < -0.39 is 0 Å². The van der Waals surface area contributed by atoms with E-state index in [0.717, 1.165) is 25.8 Å². The maximum absolute atomic E-state index is 4.17. The van der Waals surface area contributed by atoms with Crippen LogP contribution in [0.15, 0.2) is 42.0 Å². The average molecular weight is 260 g/mol. The fraction of sp³-hybridized carbons (Fsp3) is 0.400. The molecular weight excluding hydrogens is 240 g/mol. The van der Waals surface area contributed by atoms with Gasteiger partial charge in [-0.2, -0.15) is 0 Å². The van der Waals surface area contributed by atoms with Gasteiger partial charge in [0.25, 0.3) is 0 Å². The van der Waals surface area contributed by atoms with Crippen LogP contribution in [0.1, 0.15) is 23.8 Å². The van der Waals surface area contributed by atoms with Crippen molar-refractivity contribution >= 4 is 11.3 Å². The Morgan fingerprint density at radius 2 is 2.28 bits per heavy atom. The van der Waals surface area contributed by atoms with Crippen LogP contribution in [0.4, 0.5) is 0 Å². The van der Waals surface area contributed by atoms with E-state index in [4.69, 9.17) is 0 Å². The Kier molecular flexibility index (Phi) is 5.36. The summed E-state index contributed by atoms with van der Waals surface area (Å²) in [4.78, 5) is 5.63. The van der Waals surface area contributed by atoms with Gasteiger partial charge in [0.15, 0.2) is 0 Å². The second kappa shape index (κ2) is 7.29. The van der Waals surface area contributed by atoms with Crippen molar-refractivity contribution in [1.29, 1.82) is 0 Å². The van der Waals surface area contributed by atoms with Gasteiger partial charge in [0.2, 0.25) is 0 Å². The predicted molar refractivity (Wildman–Crippen MR) is 78.0 cm³/mol. The molecule has 2 nitrogen and oxygen atoms in total. The summed E-state index contributed by atoms with van der Waals surface area (Å²) in [5.74, 6) is 0. The zero-order chi connectivity index (χ0) is 12.6. The molecule has 0 radical (unpaired) electrons. The second-order valence-electron chi connectivity index (χ2n) is 4.44. The zero-order valence-corrected chi connectivity index (χ0v) is 11.6. The lowest BCUT2D eigenvalue weighted by atomic mass is 10.0. The van der Waals surface area contributed by atoms with Crippen LogP contribution in [0.25, 0.3) is 0 Å². The van der Waals surface area contributed by atoms with Crippen molar-refractivity contribution < 1.29 is 0 Å². The van der Waals surface area contributed by atoms with Crippen LogP contribution in [-0.4, -0.2) is 17.6 Å². The fourth-order valence-electron chi connectivity index (χ4n) is 2.12. The summed E-state index contributed by atoms with van der Waals surface area (Å²) in [7, 11) is 0. The highest BCUT2D eigenvalue weighted by Crippen LogP contribution is 2.14. The Labute approximate surface area is 113 Å². The molecule has 0 saturated carbocycles. The molecule has 1 unspecified atom stereocenters. The van der Waals surface area contributed by atoms with Gasteiger partial charge >= 0.3 is 0 Å². The number of aromatic nitrogens is 1. The first kappa shape index (κ1) is 13.2. The molecule has 0 aliphatic carbocycles. The number of nitrogens with zero attached hydrogens (tertiary/aromatic N) is 1. The van der Waals surface area contributed by atoms with E-state index in [9.17, 15) is 0 Å². The van der Waals surface area contributed by atoms with Crippen LogP contribution in [0, 0.1) is 0 Å². The van der Waals surface area contributed by atoms with E-state index in [1.165, 1.54) is 10.4 Å². The molecule has 2 aromatic heterocycles. The molecular formula is C15H20N2S. The molecule has 1 atom stereocenters. The minimum Gasteiger partial charge on any atom is -0.314 e. The number of pyridine rings is 1. The van der Waals surface area contributed by atoms with E-state index >= 15 is 0 Å². The Hall–Kier alpha value is -1.19. The van der Waals surface area contributed by atoms with Gasteiger partial charge in [0, 0.05) is 23.3 Å². The highest BCUT2D eigenvalue weighted by atomic mass is 32.1. The lowest BCUT2D eigenvalue weighted by Gasteiger charge is -2.17. The number of rotatable bonds is 7. The van der Waals surface area contributed by atoms with Crippen molar-refractivity contribution in [3.8, 4) is 0 Å². The molecule has 18 heavy (non-hydrogen) atoms. The van der Waals surface area contributed by atoms with Gasteiger partial charge in [-0.05, 0) is 48.9 Å². The van der Waals surface area contributed by atoms with Crippen LogP contribution in [0.2, 0.25) is 0 Å². The molecule has 96 valence electrons. The lowest BCUT2D eigenvalue weighted by molar-refractivity contribution is 0.493. The molecule has 0 amide bonds. The first-order valence-electron chi connectivity index (χ1n) is 6.53. The molecule has 0 spiro atoms. The zero-order valence-electron chi connectivity index (χ0n) is 10.8. The quantitative estimate of drug-likeness (QED) is 0.826. The smallest absolute Gasteiger partial charge is 0.0299 e. The minimum absolute atomic E-state index is 0.564. The second-order valence-corrected chi connectivity index (χ2v) is 5.47. The van der Waals surface area contributed by atoms with Gasteiger partial charge in [0.05, 0.1) is 0 Å². The van der Waals surface area contributed by atoms with Crippen molar-refractivity contribution in [2.45, 2.75) is 32.2 Å². The largest absolute Gasteiger partial charge is 0.314 e. The van der Waals surface area contributed by atoms with Gasteiger partial charge in [-0.25, -0.2) is 0 Å². The number of thiophene rings is 1. The molecule has 0 bridgehead atoms. The molecule has 0 fully saturated rings. The summed E-state index contributed by atoms with van der Waals surface area (Å²) in [6.45, 7) is 3.20. The third kappa shape index (κ3) is 4.24. The number of hydrogen-bond donors (Lipinski definition) is 1. The van der Waals surface area contributed by atoms with Crippen molar-refractivity contribution in [2.75, 3.05) is 6.54 Å². The molecule has 1 N–H and O–H groups in total. The van der Waals surface area contributed by atoms with E-state index in [0.29, 0.717) is 6.04 Å². The van der Waals surface area contributed by atoms with Crippen LogP contribution in [0.3, 0.4) is 0 Å². The van der Waals surface area contributed by atoms with Crippen molar-refractivity contribution in [2.24, 2.45) is 0 Å². The highest BCUT2D eigenvalue weighted by molar-refractivity contribution is 7.09. The minimum atomic E-state index is 0.564. The van der Waals surface area contributed by atoms with Gasteiger partial charge in [-0.3, -0.25) is 4.98 Å². The molecule has 2 aromatic rings. The maximum Gasteiger partial charge on any atom is 0.0299 e. The van der Waals surface area contributed by atoms with Crippen molar-refractivity contribution in [3.63, 3.8) is 0 Å². The van der Waals surface area contributed by atoms with E-state index in [1.807, 2.05) is 29.8 Å². The first-order chi connectivity index (χ1) is 8.88. The molecule has 2 heterocycles. The van der Waals surface area contributed by atoms with Crippen LogP contribution >= 0.6 is 11.3 Å². The number of nitrogens with one attached hydrogen (secondary N) is 1.